The second-order valence-corrected chi connectivity index (χ2v) is 4.31. The molecule has 0 heterocycles. The molecule has 0 bridgehead atoms. The van der Waals surface area contributed by atoms with Crippen molar-refractivity contribution >= 4 is 11.9 Å². The van der Waals surface area contributed by atoms with Crippen molar-refractivity contribution in [2.75, 3.05) is 7.11 Å². The number of carbonyl (C=O) groups excluding carboxylic acids is 2. The SMILES string of the molecule is COC(=O)CCC1CCCCC1OC(C)=O. The summed E-state index contributed by atoms with van der Waals surface area (Å²) in [6.07, 6.45) is 5.39. The average molecular weight is 228 g/mol. The number of methoxy groups -OCH3 is 1. The normalized spacial score (nSPS) is 24.9. The van der Waals surface area contributed by atoms with Gasteiger partial charge in [0, 0.05) is 13.3 Å². The second-order valence-electron chi connectivity index (χ2n) is 4.31. The Morgan fingerprint density at radius 1 is 1.25 bits per heavy atom. The molecule has 4 nitrogen and oxygen atoms in total. The summed E-state index contributed by atoms with van der Waals surface area (Å²) >= 11 is 0. The van der Waals surface area contributed by atoms with Crippen molar-refractivity contribution in [1.29, 1.82) is 0 Å². The van der Waals surface area contributed by atoms with Crippen LogP contribution in [0, 0.1) is 5.92 Å². The number of carbonyl (C=O) groups is 2. The van der Waals surface area contributed by atoms with Gasteiger partial charge in [-0.25, -0.2) is 0 Å². The average Bonchev–Trinajstić information content (AvgIpc) is 2.26. The molecule has 16 heavy (non-hydrogen) atoms. The first-order valence-corrected chi connectivity index (χ1v) is 5.87. The molecule has 1 saturated carbocycles. The molecule has 0 aromatic carbocycles. The van der Waals surface area contributed by atoms with Gasteiger partial charge < -0.3 is 9.47 Å². The fourth-order valence-electron chi connectivity index (χ4n) is 2.28. The Hall–Kier alpha value is -1.06. The molecule has 0 aromatic rings. The van der Waals surface area contributed by atoms with Gasteiger partial charge in [-0.15, -0.1) is 0 Å². The summed E-state index contributed by atoms with van der Waals surface area (Å²) in [7, 11) is 1.40. The molecule has 0 radical (unpaired) electrons. The fraction of sp³-hybridized carbons (Fsp3) is 0.833. The quantitative estimate of drug-likeness (QED) is 0.691. The third-order valence-electron chi connectivity index (χ3n) is 3.10. The summed E-state index contributed by atoms with van der Waals surface area (Å²) in [5.41, 5.74) is 0. The van der Waals surface area contributed by atoms with Gasteiger partial charge in [-0.3, -0.25) is 9.59 Å². The Bertz CT molecular complexity index is 249. The van der Waals surface area contributed by atoms with Gasteiger partial charge in [-0.05, 0) is 31.6 Å². The van der Waals surface area contributed by atoms with E-state index in [1.54, 1.807) is 0 Å². The molecule has 1 aliphatic rings. The Morgan fingerprint density at radius 3 is 2.56 bits per heavy atom. The summed E-state index contributed by atoms with van der Waals surface area (Å²) in [5.74, 6) is -0.0983. The van der Waals surface area contributed by atoms with Crippen LogP contribution in [0.15, 0.2) is 0 Å². The van der Waals surface area contributed by atoms with Gasteiger partial charge in [0.1, 0.15) is 6.10 Å². The first-order chi connectivity index (χ1) is 7.63. The van der Waals surface area contributed by atoms with E-state index in [1.165, 1.54) is 14.0 Å². The van der Waals surface area contributed by atoms with Crippen molar-refractivity contribution in [3.63, 3.8) is 0 Å². The Kier molecular flexibility index (Phi) is 5.29. The van der Waals surface area contributed by atoms with Gasteiger partial charge in [-0.2, -0.15) is 0 Å². The van der Waals surface area contributed by atoms with E-state index in [-0.39, 0.29) is 18.0 Å². The molecular weight excluding hydrogens is 208 g/mol. The monoisotopic (exact) mass is 228 g/mol. The highest BCUT2D eigenvalue weighted by Crippen LogP contribution is 2.30. The van der Waals surface area contributed by atoms with Gasteiger partial charge in [-0.1, -0.05) is 6.42 Å². The van der Waals surface area contributed by atoms with Crippen molar-refractivity contribution in [2.24, 2.45) is 5.92 Å². The number of rotatable bonds is 4. The Balaban J connectivity index is 2.40. The molecule has 2 unspecified atom stereocenters. The number of hydrogen-bond donors (Lipinski definition) is 0. The molecule has 1 aliphatic carbocycles. The maximum Gasteiger partial charge on any atom is 0.305 e. The molecular formula is C12H20O4. The molecule has 0 saturated heterocycles. The van der Waals surface area contributed by atoms with Gasteiger partial charge in [0.15, 0.2) is 0 Å². The highest BCUT2D eigenvalue weighted by Gasteiger charge is 2.27. The lowest BCUT2D eigenvalue weighted by molar-refractivity contribution is -0.151. The lowest BCUT2D eigenvalue weighted by Crippen LogP contribution is -2.29. The van der Waals surface area contributed by atoms with Crippen LogP contribution in [0.3, 0.4) is 0 Å². The summed E-state index contributed by atoms with van der Waals surface area (Å²) in [6.45, 7) is 1.44. The van der Waals surface area contributed by atoms with Crippen LogP contribution >= 0.6 is 0 Å². The molecule has 0 aliphatic heterocycles. The lowest BCUT2D eigenvalue weighted by Gasteiger charge is -2.30. The Morgan fingerprint density at radius 2 is 1.94 bits per heavy atom. The van der Waals surface area contributed by atoms with Gasteiger partial charge in [0.05, 0.1) is 7.11 Å². The van der Waals surface area contributed by atoms with Gasteiger partial charge in [0.25, 0.3) is 0 Å². The minimum Gasteiger partial charge on any atom is -0.469 e. The van der Waals surface area contributed by atoms with Crippen molar-refractivity contribution in [2.45, 2.75) is 51.6 Å². The zero-order valence-electron chi connectivity index (χ0n) is 10.0. The van der Waals surface area contributed by atoms with Crippen molar-refractivity contribution in [1.82, 2.24) is 0 Å². The van der Waals surface area contributed by atoms with Gasteiger partial charge in [0.2, 0.25) is 0 Å². The topological polar surface area (TPSA) is 52.6 Å². The second kappa shape index (κ2) is 6.51. The summed E-state index contributed by atoms with van der Waals surface area (Å²) in [5, 5.41) is 0. The van der Waals surface area contributed by atoms with E-state index < -0.39 is 0 Å². The molecule has 1 rings (SSSR count). The summed E-state index contributed by atoms with van der Waals surface area (Å²) < 4.78 is 9.89. The fourth-order valence-corrected chi connectivity index (χ4v) is 2.28. The van der Waals surface area contributed by atoms with Crippen molar-refractivity contribution in [3.8, 4) is 0 Å². The van der Waals surface area contributed by atoms with E-state index >= 15 is 0 Å². The van der Waals surface area contributed by atoms with Crippen LogP contribution < -0.4 is 0 Å². The molecule has 92 valence electrons. The maximum absolute atomic E-state index is 11.1. The third kappa shape index (κ3) is 4.21. The molecule has 2 atom stereocenters. The van der Waals surface area contributed by atoms with Crippen LogP contribution in [0.4, 0.5) is 0 Å². The zero-order valence-corrected chi connectivity index (χ0v) is 10.0. The molecule has 0 aromatic heterocycles. The predicted molar refractivity (Wildman–Crippen MR) is 58.8 cm³/mol. The van der Waals surface area contributed by atoms with E-state index in [9.17, 15) is 9.59 Å². The summed E-state index contributed by atoms with van der Waals surface area (Å²) in [4.78, 5) is 22.0. The standard InChI is InChI=1S/C12H20O4/c1-9(13)16-11-6-4-3-5-10(11)7-8-12(14)15-2/h10-11H,3-8H2,1-2H3. The van der Waals surface area contributed by atoms with E-state index in [0.717, 1.165) is 32.1 Å². The number of ether oxygens (including phenoxy) is 2. The van der Waals surface area contributed by atoms with E-state index in [2.05, 4.69) is 4.74 Å². The third-order valence-corrected chi connectivity index (χ3v) is 3.10. The number of esters is 2. The maximum atomic E-state index is 11.1. The molecule has 1 fully saturated rings. The number of hydrogen-bond acceptors (Lipinski definition) is 4. The van der Waals surface area contributed by atoms with Crippen LogP contribution in [0.5, 0.6) is 0 Å². The molecule has 4 heteroatoms. The van der Waals surface area contributed by atoms with Crippen molar-refractivity contribution < 1.29 is 19.1 Å². The molecule has 0 amide bonds. The van der Waals surface area contributed by atoms with Crippen LogP contribution in [0.25, 0.3) is 0 Å². The highest BCUT2D eigenvalue weighted by molar-refractivity contribution is 5.69. The lowest BCUT2D eigenvalue weighted by atomic mass is 9.83. The van der Waals surface area contributed by atoms with E-state index in [4.69, 9.17) is 4.74 Å². The van der Waals surface area contributed by atoms with Crippen LogP contribution in [-0.4, -0.2) is 25.2 Å². The minimum absolute atomic E-state index is 0.00379. The highest BCUT2D eigenvalue weighted by atomic mass is 16.5. The van der Waals surface area contributed by atoms with Crippen LogP contribution in [-0.2, 0) is 19.1 Å². The predicted octanol–water partition coefficient (Wildman–Crippen LogP) is 2.06. The van der Waals surface area contributed by atoms with Crippen LogP contribution in [0.2, 0.25) is 0 Å². The van der Waals surface area contributed by atoms with Crippen LogP contribution in [0.1, 0.15) is 45.4 Å². The molecule has 0 spiro atoms. The summed E-state index contributed by atoms with van der Waals surface area (Å²) in [6, 6.07) is 0. The smallest absolute Gasteiger partial charge is 0.305 e. The van der Waals surface area contributed by atoms with Crippen molar-refractivity contribution in [3.05, 3.63) is 0 Å². The zero-order chi connectivity index (χ0) is 12.0. The minimum atomic E-state index is -0.227. The first-order valence-electron chi connectivity index (χ1n) is 5.87. The van der Waals surface area contributed by atoms with Gasteiger partial charge >= 0.3 is 11.9 Å². The Labute approximate surface area is 96.3 Å². The van der Waals surface area contributed by atoms with E-state index in [0.29, 0.717) is 12.3 Å². The molecule has 0 N–H and O–H groups in total. The first kappa shape index (κ1) is 13.0. The van der Waals surface area contributed by atoms with E-state index in [1.807, 2.05) is 0 Å². The largest absolute Gasteiger partial charge is 0.469 e.